The summed E-state index contributed by atoms with van der Waals surface area (Å²) in [5.74, 6) is -0.196. The molecule has 0 saturated carbocycles. The summed E-state index contributed by atoms with van der Waals surface area (Å²) in [5, 5.41) is 1.67. The number of fused-ring (bicyclic) bond motifs is 1. The molecule has 17 heavy (non-hydrogen) atoms. The van der Waals surface area contributed by atoms with Gasteiger partial charge in [-0.25, -0.2) is 4.39 Å². The van der Waals surface area contributed by atoms with Gasteiger partial charge in [-0.05, 0) is 47.3 Å². The standard InChI is InChI=1S/C14H8ClFS/c15-11-3-1-9(2-4-11)14-8-10-7-12(16)5-6-13(10)17-14/h1-8H. The predicted molar refractivity (Wildman–Crippen MR) is 72.2 cm³/mol. The van der Waals surface area contributed by atoms with Crippen molar-refractivity contribution >= 4 is 33.0 Å². The lowest BCUT2D eigenvalue weighted by Crippen LogP contribution is -1.70. The molecule has 0 atom stereocenters. The van der Waals surface area contributed by atoms with Crippen LogP contribution in [0.25, 0.3) is 20.5 Å². The highest BCUT2D eigenvalue weighted by molar-refractivity contribution is 7.22. The van der Waals surface area contributed by atoms with E-state index < -0.39 is 0 Å². The van der Waals surface area contributed by atoms with E-state index in [1.54, 1.807) is 17.4 Å². The van der Waals surface area contributed by atoms with Crippen LogP contribution in [0.3, 0.4) is 0 Å². The van der Waals surface area contributed by atoms with Gasteiger partial charge in [0.1, 0.15) is 5.82 Å². The molecule has 3 heteroatoms. The van der Waals surface area contributed by atoms with Gasteiger partial charge in [0, 0.05) is 14.6 Å². The summed E-state index contributed by atoms with van der Waals surface area (Å²) in [6.45, 7) is 0. The zero-order chi connectivity index (χ0) is 11.8. The lowest BCUT2D eigenvalue weighted by Gasteiger charge is -1.95. The average Bonchev–Trinajstić information content (AvgIpc) is 2.72. The van der Waals surface area contributed by atoms with Gasteiger partial charge in [0.15, 0.2) is 0 Å². The van der Waals surface area contributed by atoms with Crippen molar-refractivity contribution in [2.24, 2.45) is 0 Å². The maximum Gasteiger partial charge on any atom is 0.123 e. The molecule has 0 bridgehead atoms. The third-order valence-corrected chi connectivity index (χ3v) is 4.02. The van der Waals surface area contributed by atoms with Crippen molar-refractivity contribution in [1.29, 1.82) is 0 Å². The Morgan fingerprint density at radius 1 is 0.941 bits per heavy atom. The van der Waals surface area contributed by atoms with Gasteiger partial charge >= 0.3 is 0 Å². The van der Waals surface area contributed by atoms with E-state index in [4.69, 9.17) is 11.6 Å². The summed E-state index contributed by atoms with van der Waals surface area (Å²) >= 11 is 7.51. The highest BCUT2D eigenvalue weighted by Gasteiger charge is 2.04. The van der Waals surface area contributed by atoms with Crippen molar-refractivity contribution in [2.75, 3.05) is 0 Å². The fourth-order valence-corrected chi connectivity index (χ4v) is 2.95. The number of hydrogen-bond acceptors (Lipinski definition) is 1. The van der Waals surface area contributed by atoms with E-state index in [0.29, 0.717) is 0 Å². The predicted octanol–water partition coefficient (Wildman–Crippen LogP) is 5.36. The fourth-order valence-electron chi connectivity index (χ4n) is 1.77. The van der Waals surface area contributed by atoms with E-state index in [2.05, 4.69) is 0 Å². The highest BCUT2D eigenvalue weighted by atomic mass is 35.5. The molecular formula is C14H8ClFS. The van der Waals surface area contributed by atoms with Crippen molar-refractivity contribution in [2.45, 2.75) is 0 Å². The number of rotatable bonds is 1. The third kappa shape index (κ3) is 2.06. The molecule has 0 saturated heterocycles. The lowest BCUT2D eigenvalue weighted by molar-refractivity contribution is 0.630. The lowest BCUT2D eigenvalue weighted by atomic mass is 10.1. The minimum atomic E-state index is -0.196. The SMILES string of the molecule is Fc1ccc2sc(-c3ccc(Cl)cc3)cc2c1. The van der Waals surface area contributed by atoms with Gasteiger partial charge in [-0.3, -0.25) is 0 Å². The smallest absolute Gasteiger partial charge is 0.123 e. The van der Waals surface area contributed by atoms with Crippen LogP contribution in [0.2, 0.25) is 5.02 Å². The Morgan fingerprint density at radius 2 is 1.71 bits per heavy atom. The molecule has 1 heterocycles. The van der Waals surface area contributed by atoms with Crippen LogP contribution in [0.1, 0.15) is 0 Å². The quantitative estimate of drug-likeness (QED) is 0.554. The van der Waals surface area contributed by atoms with Gasteiger partial charge in [0.05, 0.1) is 0 Å². The Bertz CT molecular complexity index is 670. The van der Waals surface area contributed by atoms with Gasteiger partial charge in [0.2, 0.25) is 0 Å². The van der Waals surface area contributed by atoms with Crippen LogP contribution in [-0.4, -0.2) is 0 Å². The molecule has 0 aliphatic carbocycles. The van der Waals surface area contributed by atoms with E-state index >= 15 is 0 Å². The van der Waals surface area contributed by atoms with Crippen molar-refractivity contribution in [3.63, 3.8) is 0 Å². The maximum absolute atomic E-state index is 13.1. The minimum Gasteiger partial charge on any atom is -0.207 e. The molecule has 0 unspecified atom stereocenters. The van der Waals surface area contributed by atoms with Gasteiger partial charge in [-0.1, -0.05) is 23.7 Å². The van der Waals surface area contributed by atoms with E-state index in [-0.39, 0.29) is 5.82 Å². The molecule has 0 aliphatic rings. The van der Waals surface area contributed by atoms with Crippen molar-refractivity contribution in [1.82, 2.24) is 0 Å². The van der Waals surface area contributed by atoms with Gasteiger partial charge < -0.3 is 0 Å². The Labute approximate surface area is 107 Å². The van der Waals surface area contributed by atoms with Crippen LogP contribution >= 0.6 is 22.9 Å². The Hall–Kier alpha value is -1.38. The van der Waals surface area contributed by atoms with Gasteiger partial charge in [-0.2, -0.15) is 0 Å². The molecule has 0 amide bonds. The summed E-state index contributed by atoms with van der Waals surface area (Å²) in [7, 11) is 0. The molecule has 1 aromatic heterocycles. The van der Waals surface area contributed by atoms with Crippen LogP contribution in [0.5, 0.6) is 0 Å². The minimum absolute atomic E-state index is 0.196. The Morgan fingerprint density at radius 3 is 2.47 bits per heavy atom. The average molecular weight is 263 g/mol. The van der Waals surface area contributed by atoms with Crippen LogP contribution < -0.4 is 0 Å². The zero-order valence-corrected chi connectivity index (χ0v) is 10.4. The first-order valence-corrected chi connectivity index (χ1v) is 6.37. The van der Waals surface area contributed by atoms with E-state index in [9.17, 15) is 4.39 Å². The van der Waals surface area contributed by atoms with Crippen molar-refractivity contribution in [3.05, 3.63) is 59.4 Å². The van der Waals surface area contributed by atoms with E-state index in [1.807, 2.05) is 36.4 Å². The van der Waals surface area contributed by atoms with Crippen molar-refractivity contribution < 1.29 is 4.39 Å². The molecule has 84 valence electrons. The van der Waals surface area contributed by atoms with Crippen molar-refractivity contribution in [3.8, 4) is 10.4 Å². The van der Waals surface area contributed by atoms with Crippen LogP contribution in [0, 0.1) is 5.82 Å². The monoisotopic (exact) mass is 262 g/mol. The molecule has 3 aromatic rings. The second-order valence-electron chi connectivity index (χ2n) is 3.80. The molecule has 0 nitrogen and oxygen atoms in total. The molecule has 0 fully saturated rings. The summed E-state index contributed by atoms with van der Waals surface area (Å²) < 4.78 is 14.2. The summed E-state index contributed by atoms with van der Waals surface area (Å²) in [4.78, 5) is 1.13. The first-order valence-electron chi connectivity index (χ1n) is 5.17. The molecule has 2 aromatic carbocycles. The summed E-state index contributed by atoms with van der Waals surface area (Å²) in [5.41, 5.74) is 1.11. The largest absolute Gasteiger partial charge is 0.207 e. The normalized spacial score (nSPS) is 10.9. The molecule has 0 N–H and O–H groups in total. The Kier molecular flexibility index (Phi) is 2.61. The van der Waals surface area contributed by atoms with Gasteiger partial charge in [0.25, 0.3) is 0 Å². The summed E-state index contributed by atoms with van der Waals surface area (Å²) in [6, 6.07) is 14.5. The number of hydrogen-bond donors (Lipinski definition) is 0. The molecule has 0 spiro atoms. The maximum atomic E-state index is 13.1. The molecule has 0 radical (unpaired) electrons. The second kappa shape index (κ2) is 4.13. The highest BCUT2D eigenvalue weighted by Crippen LogP contribution is 2.34. The van der Waals surface area contributed by atoms with Crippen LogP contribution in [0.15, 0.2) is 48.5 Å². The van der Waals surface area contributed by atoms with Crippen LogP contribution in [0.4, 0.5) is 4.39 Å². The van der Waals surface area contributed by atoms with E-state index in [1.165, 1.54) is 6.07 Å². The molecule has 0 aliphatic heterocycles. The second-order valence-corrected chi connectivity index (χ2v) is 5.32. The first kappa shape index (κ1) is 10.8. The molecular weight excluding hydrogens is 255 g/mol. The number of halogens is 2. The summed E-state index contributed by atoms with van der Waals surface area (Å²) in [6.07, 6.45) is 0. The third-order valence-electron chi connectivity index (χ3n) is 2.61. The first-order chi connectivity index (χ1) is 8.22. The topological polar surface area (TPSA) is 0 Å². The number of benzene rings is 2. The van der Waals surface area contributed by atoms with E-state index in [0.717, 1.165) is 25.5 Å². The van der Waals surface area contributed by atoms with Gasteiger partial charge in [-0.15, -0.1) is 11.3 Å². The van der Waals surface area contributed by atoms with Crippen LogP contribution in [-0.2, 0) is 0 Å². The fraction of sp³-hybridized carbons (Fsp3) is 0. The zero-order valence-electron chi connectivity index (χ0n) is 8.78. The molecule has 3 rings (SSSR count). The number of thiophene rings is 1. The Balaban J connectivity index is 2.14.